The maximum Gasteiger partial charge on any atom is 0.0202 e. The van der Waals surface area contributed by atoms with Crippen LogP contribution >= 0.6 is 0 Å². The molecule has 0 spiro atoms. The van der Waals surface area contributed by atoms with E-state index in [9.17, 15) is 0 Å². The van der Waals surface area contributed by atoms with Gasteiger partial charge in [0.15, 0.2) is 0 Å². The van der Waals surface area contributed by atoms with E-state index in [4.69, 9.17) is 0 Å². The fourth-order valence-corrected chi connectivity index (χ4v) is 2.38. The van der Waals surface area contributed by atoms with E-state index in [1.807, 2.05) is 7.05 Å². The third kappa shape index (κ3) is 11.4. The molecule has 0 aromatic rings. The molecule has 0 bridgehead atoms. The van der Waals surface area contributed by atoms with Gasteiger partial charge < -0.3 is 5.32 Å². The van der Waals surface area contributed by atoms with Crippen molar-refractivity contribution in [3.63, 3.8) is 0 Å². The van der Waals surface area contributed by atoms with E-state index in [0.717, 1.165) is 19.4 Å². The molecule has 0 aliphatic carbocycles. The van der Waals surface area contributed by atoms with Crippen LogP contribution in [0.2, 0.25) is 0 Å². The van der Waals surface area contributed by atoms with Crippen LogP contribution in [0.1, 0.15) is 65.7 Å². The minimum absolute atomic E-state index is 0.932. The fourth-order valence-electron chi connectivity index (χ4n) is 2.38. The van der Waals surface area contributed by atoms with E-state index >= 15 is 0 Å². The number of rotatable bonds is 12. The monoisotopic (exact) mass is 301 g/mol. The normalized spacial score (nSPS) is 12.7. The molecular formula is C21H35N. The molecular weight excluding hydrogens is 266 g/mol. The maximum atomic E-state index is 3.69. The Morgan fingerprint density at radius 1 is 1.14 bits per heavy atom. The molecule has 0 fully saturated rings. The lowest BCUT2D eigenvalue weighted by Crippen LogP contribution is -2.09. The molecule has 1 N–H and O–H groups in total. The first-order chi connectivity index (χ1) is 10.7. The number of unbranched alkanes of at least 4 members (excludes halogenated alkanes) is 3. The number of likely N-dealkylation sites (N-methyl/N-ethyl adjacent to an activating group) is 1. The molecule has 0 rings (SSSR count). The highest BCUT2D eigenvalue weighted by molar-refractivity contribution is 5.28. The van der Waals surface area contributed by atoms with Crippen LogP contribution in [-0.2, 0) is 0 Å². The van der Waals surface area contributed by atoms with Gasteiger partial charge >= 0.3 is 0 Å². The lowest BCUT2D eigenvalue weighted by atomic mass is 10.0. The van der Waals surface area contributed by atoms with E-state index in [0.29, 0.717) is 0 Å². The molecule has 0 amide bonds. The Balaban J connectivity index is 4.23. The number of nitrogens with one attached hydrogen (secondary N) is 1. The summed E-state index contributed by atoms with van der Waals surface area (Å²) in [5.41, 5.74) is 7.19. The molecule has 1 heteroatoms. The van der Waals surface area contributed by atoms with Crippen LogP contribution in [-0.4, -0.2) is 13.6 Å². The zero-order chi connectivity index (χ0) is 16.6. The van der Waals surface area contributed by atoms with Crippen molar-refractivity contribution in [1.29, 1.82) is 0 Å². The van der Waals surface area contributed by atoms with Crippen LogP contribution in [0.15, 0.2) is 53.3 Å². The summed E-state index contributed by atoms with van der Waals surface area (Å²) in [4.78, 5) is 0. The van der Waals surface area contributed by atoms with E-state index in [-0.39, 0.29) is 0 Å². The van der Waals surface area contributed by atoms with Crippen LogP contribution in [0.3, 0.4) is 0 Å². The summed E-state index contributed by atoms with van der Waals surface area (Å²) in [6.45, 7) is 11.1. The van der Waals surface area contributed by atoms with Crippen molar-refractivity contribution in [3.8, 4) is 0 Å². The average molecular weight is 302 g/mol. The first-order valence-corrected chi connectivity index (χ1v) is 8.69. The van der Waals surface area contributed by atoms with Gasteiger partial charge in [-0.15, -0.1) is 5.73 Å². The SMILES string of the molecule is C=C=C(C)CCCCCC/C(=C/C(=C\C=C\C)CNC)CC. The zero-order valence-electron chi connectivity index (χ0n) is 15.2. The molecule has 1 nitrogen and oxygen atoms in total. The summed E-state index contributed by atoms with van der Waals surface area (Å²) in [5.74, 6) is 0. The van der Waals surface area contributed by atoms with Crippen molar-refractivity contribution in [1.82, 2.24) is 5.32 Å². The third-order valence-electron chi connectivity index (χ3n) is 3.83. The Morgan fingerprint density at radius 2 is 1.82 bits per heavy atom. The highest BCUT2D eigenvalue weighted by Gasteiger charge is 1.99. The second-order valence-corrected chi connectivity index (χ2v) is 5.83. The molecule has 0 unspecified atom stereocenters. The van der Waals surface area contributed by atoms with Crippen molar-refractivity contribution in [2.75, 3.05) is 13.6 Å². The van der Waals surface area contributed by atoms with Crippen molar-refractivity contribution in [2.24, 2.45) is 0 Å². The van der Waals surface area contributed by atoms with E-state index < -0.39 is 0 Å². The van der Waals surface area contributed by atoms with Crippen molar-refractivity contribution < 1.29 is 0 Å². The molecule has 0 radical (unpaired) electrons. The minimum Gasteiger partial charge on any atom is -0.316 e. The van der Waals surface area contributed by atoms with Crippen LogP contribution < -0.4 is 5.32 Å². The van der Waals surface area contributed by atoms with E-state index in [1.54, 1.807) is 5.57 Å². The Kier molecular flexibility index (Phi) is 13.8. The number of allylic oxidation sites excluding steroid dienone is 5. The summed E-state index contributed by atoms with van der Waals surface area (Å²) >= 11 is 0. The van der Waals surface area contributed by atoms with Gasteiger partial charge in [-0.2, -0.15) is 0 Å². The van der Waals surface area contributed by atoms with Crippen LogP contribution in [0.4, 0.5) is 0 Å². The summed E-state index contributed by atoms with van der Waals surface area (Å²) in [5, 5.41) is 3.25. The summed E-state index contributed by atoms with van der Waals surface area (Å²) in [7, 11) is 2.00. The minimum atomic E-state index is 0.932. The van der Waals surface area contributed by atoms with E-state index in [2.05, 4.69) is 62.7 Å². The molecule has 0 aliphatic heterocycles. The molecule has 0 heterocycles. The lowest BCUT2D eigenvalue weighted by molar-refractivity contribution is 0.632. The third-order valence-corrected chi connectivity index (χ3v) is 3.83. The second kappa shape index (κ2) is 14.6. The van der Waals surface area contributed by atoms with Crippen molar-refractivity contribution >= 4 is 0 Å². The van der Waals surface area contributed by atoms with Crippen molar-refractivity contribution in [3.05, 3.63) is 53.3 Å². The number of hydrogen-bond acceptors (Lipinski definition) is 1. The summed E-state index contributed by atoms with van der Waals surface area (Å²) < 4.78 is 0. The van der Waals surface area contributed by atoms with Gasteiger partial charge in [-0.25, -0.2) is 0 Å². The molecule has 0 atom stereocenters. The molecule has 0 aromatic heterocycles. The average Bonchev–Trinajstić information content (AvgIpc) is 2.54. The summed E-state index contributed by atoms with van der Waals surface area (Å²) in [6.07, 6.45) is 17.5. The maximum absolute atomic E-state index is 3.69. The molecule has 0 saturated heterocycles. The first kappa shape index (κ1) is 20.7. The topological polar surface area (TPSA) is 12.0 Å². The Bertz CT molecular complexity index is 417. The van der Waals surface area contributed by atoms with Crippen LogP contribution in [0.25, 0.3) is 0 Å². The molecule has 22 heavy (non-hydrogen) atoms. The molecule has 0 aliphatic rings. The van der Waals surface area contributed by atoms with Crippen LogP contribution in [0, 0.1) is 0 Å². The van der Waals surface area contributed by atoms with Gasteiger partial charge in [0.05, 0.1) is 0 Å². The number of hydrogen-bond donors (Lipinski definition) is 1. The predicted molar refractivity (Wildman–Crippen MR) is 101 cm³/mol. The highest BCUT2D eigenvalue weighted by atomic mass is 14.8. The molecule has 0 aromatic carbocycles. The summed E-state index contributed by atoms with van der Waals surface area (Å²) in [6, 6.07) is 0. The molecule has 124 valence electrons. The standard InChI is InChI=1S/C21H35N/c1-6-9-15-21(18-22-5)17-20(8-3)16-13-11-10-12-14-19(4)7-2/h6,9,15,17,22H,2,8,10-14,16,18H2,1,3-5H3/b9-6+,20-17+,21-15+. The largest absolute Gasteiger partial charge is 0.316 e. The quantitative estimate of drug-likeness (QED) is 0.260. The van der Waals surface area contributed by atoms with Gasteiger partial charge in [0.1, 0.15) is 0 Å². The van der Waals surface area contributed by atoms with Gasteiger partial charge in [0.2, 0.25) is 0 Å². The van der Waals surface area contributed by atoms with Crippen LogP contribution in [0.5, 0.6) is 0 Å². The lowest BCUT2D eigenvalue weighted by Gasteiger charge is -2.08. The van der Waals surface area contributed by atoms with Gasteiger partial charge in [-0.05, 0) is 64.1 Å². The van der Waals surface area contributed by atoms with Gasteiger partial charge in [-0.3, -0.25) is 0 Å². The first-order valence-electron chi connectivity index (χ1n) is 8.69. The second-order valence-electron chi connectivity index (χ2n) is 5.83. The predicted octanol–water partition coefficient (Wildman–Crippen LogP) is 6.12. The van der Waals surface area contributed by atoms with Gasteiger partial charge in [-0.1, -0.05) is 56.2 Å². The van der Waals surface area contributed by atoms with Gasteiger partial charge in [0.25, 0.3) is 0 Å². The Hall–Kier alpha value is -1.30. The Morgan fingerprint density at radius 3 is 2.36 bits per heavy atom. The van der Waals surface area contributed by atoms with E-state index in [1.165, 1.54) is 43.3 Å². The highest BCUT2D eigenvalue weighted by Crippen LogP contribution is 2.17. The smallest absolute Gasteiger partial charge is 0.0202 e. The van der Waals surface area contributed by atoms with Crippen molar-refractivity contribution in [2.45, 2.75) is 65.7 Å². The zero-order valence-corrected chi connectivity index (χ0v) is 15.2. The Labute approximate surface area is 138 Å². The van der Waals surface area contributed by atoms with Gasteiger partial charge in [0, 0.05) is 6.54 Å². The fraction of sp³-hybridized carbons (Fsp3) is 0.571. The molecule has 0 saturated carbocycles.